The molecule has 1 saturated carbocycles. The van der Waals surface area contributed by atoms with E-state index in [0.29, 0.717) is 5.56 Å². The van der Waals surface area contributed by atoms with Crippen LogP contribution < -0.4 is 0 Å². The third-order valence-electron chi connectivity index (χ3n) is 3.22. The van der Waals surface area contributed by atoms with Crippen LogP contribution in [-0.2, 0) is 11.2 Å². The largest absolute Gasteiger partial charge is 0.465 e. The summed E-state index contributed by atoms with van der Waals surface area (Å²) in [4.78, 5) is 11.3. The van der Waals surface area contributed by atoms with Gasteiger partial charge in [0.25, 0.3) is 0 Å². The number of esters is 1. The van der Waals surface area contributed by atoms with Crippen molar-refractivity contribution in [1.29, 1.82) is 0 Å². The number of ether oxygens (including phenoxy) is 1. The van der Waals surface area contributed by atoms with Crippen LogP contribution in [0.25, 0.3) is 0 Å². The monoisotopic (exact) mass is 220 g/mol. The number of rotatable bonds is 4. The van der Waals surface area contributed by atoms with E-state index in [9.17, 15) is 9.90 Å². The number of aliphatic hydroxyl groups is 1. The molecule has 1 aliphatic carbocycles. The van der Waals surface area contributed by atoms with Crippen molar-refractivity contribution in [2.75, 3.05) is 13.7 Å². The topological polar surface area (TPSA) is 46.5 Å². The third kappa shape index (κ3) is 2.25. The highest BCUT2D eigenvalue weighted by atomic mass is 16.5. The molecule has 0 amide bonds. The van der Waals surface area contributed by atoms with Crippen LogP contribution in [0.2, 0.25) is 0 Å². The summed E-state index contributed by atoms with van der Waals surface area (Å²) >= 11 is 0. The molecule has 2 rings (SSSR count). The minimum absolute atomic E-state index is 0.0781. The molecule has 0 saturated heterocycles. The molecule has 86 valence electrons. The summed E-state index contributed by atoms with van der Waals surface area (Å²) in [6.45, 7) is 0.232. The van der Waals surface area contributed by atoms with Gasteiger partial charge in [-0.25, -0.2) is 4.79 Å². The summed E-state index contributed by atoms with van der Waals surface area (Å²) in [5.74, 6) is -0.310. The van der Waals surface area contributed by atoms with Crippen LogP contribution in [-0.4, -0.2) is 24.8 Å². The van der Waals surface area contributed by atoms with Crippen molar-refractivity contribution in [2.24, 2.45) is 5.41 Å². The molecular weight excluding hydrogens is 204 g/mol. The summed E-state index contributed by atoms with van der Waals surface area (Å²) < 4.78 is 4.68. The number of carbonyl (C=O) groups excluding carboxylic acids is 1. The van der Waals surface area contributed by atoms with Crippen molar-refractivity contribution in [3.63, 3.8) is 0 Å². The molecule has 0 aromatic heterocycles. The maximum atomic E-state index is 11.3. The Hall–Kier alpha value is -1.35. The minimum atomic E-state index is -0.310. The summed E-state index contributed by atoms with van der Waals surface area (Å²) in [7, 11) is 1.38. The zero-order valence-electron chi connectivity index (χ0n) is 9.40. The lowest BCUT2D eigenvalue weighted by atomic mass is 9.96. The van der Waals surface area contributed by atoms with Gasteiger partial charge in [-0.05, 0) is 42.4 Å². The van der Waals surface area contributed by atoms with Crippen molar-refractivity contribution in [3.8, 4) is 0 Å². The van der Waals surface area contributed by atoms with Crippen LogP contribution >= 0.6 is 0 Å². The van der Waals surface area contributed by atoms with Crippen LogP contribution in [0.1, 0.15) is 28.8 Å². The Kier molecular flexibility index (Phi) is 2.97. The molecule has 3 heteroatoms. The molecule has 1 aliphatic rings. The second-order valence-electron chi connectivity index (χ2n) is 4.53. The lowest BCUT2D eigenvalue weighted by Gasteiger charge is -2.11. The zero-order valence-corrected chi connectivity index (χ0v) is 9.40. The highest BCUT2D eigenvalue weighted by molar-refractivity contribution is 5.89. The molecule has 1 aromatic rings. The lowest BCUT2D eigenvalue weighted by Crippen LogP contribution is -2.11. The van der Waals surface area contributed by atoms with Crippen LogP contribution in [0.5, 0.6) is 0 Å². The van der Waals surface area contributed by atoms with Crippen molar-refractivity contribution in [3.05, 3.63) is 35.4 Å². The van der Waals surface area contributed by atoms with Crippen LogP contribution in [0.4, 0.5) is 0 Å². The second-order valence-corrected chi connectivity index (χ2v) is 4.53. The molecule has 0 heterocycles. The molecule has 0 unspecified atom stereocenters. The van der Waals surface area contributed by atoms with E-state index < -0.39 is 0 Å². The van der Waals surface area contributed by atoms with Gasteiger partial charge >= 0.3 is 5.97 Å². The van der Waals surface area contributed by atoms with Crippen molar-refractivity contribution >= 4 is 5.97 Å². The maximum Gasteiger partial charge on any atom is 0.337 e. The molecule has 1 fully saturated rings. The van der Waals surface area contributed by atoms with Gasteiger partial charge in [-0.15, -0.1) is 0 Å². The first-order chi connectivity index (χ1) is 7.69. The molecule has 0 spiro atoms. The molecule has 1 N–H and O–H groups in total. The van der Waals surface area contributed by atoms with Crippen molar-refractivity contribution in [2.45, 2.75) is 19.3 Å². The van der Waals surface area contributed by atoms with E-state index in [4.69, 9.17) is 0 Å². The Bertz CT molecular complexity index is 394. The molecular formula is C13H16O3. The van der Waals surface area contributed by atoms with Gasteiger partial charge in [0.15, 0.2) is 0 Å². The predicted molar refractivity (Wildman–Crippen MR) is 60.2 cm³/mol. The fourth-order valence-electron chi connectivity index (χ4n) is 1.93. The standard InChI is InChI=1S/C13H16O3/c1-16-12(15)11-4-2-3-10(7-11)8-13(9-14)5-6-13/h2-4,7,14H,5-6,8-9H2,1H3. The van der Waals surface area contributed by atoms with E-state index in [-0.39, 0.29) is 18.0 Å². The van der Waals surface area contributed by atoms with Crippen LogP contribution in [0, 0.1) is 5.41 Å². The Morgan fingerprint density at radius 1 is 1.50 bits per heavy atom. The Morgan fingerprint density at radius 3 is 2.81 bits per heavy atom. The molecule has 0 bridgehead atoms. The zero-order chi connectivity index (χ0) is 11.6. The van der Waals surface area contributed by atoms with Gasteiger partial charge in [0.2, 0.25) is 0 Å². The average Bonchev–Trinajstić information content (AvgIpc) is 3.09. The fourth-order valence-corrected chi connectivity index (χ4v) is 1.93. The smallest absolute Gasteiger partial charge is 0.337 e. The summed E-state index contributed by atoms with van der Waals surface area (Å²) in [6.07, 6.45) is 2.99. The summed E-state index contributed by atoms with van der Waals surface area (Å²) in [5, 5.41) is 9.25. The number of aliphatic hydroxyl groups excluding tert-OH is 1. The number of methoxy groups -OCH3 is 1. The third-order valence-corrected chi connectivity index (χ3v) is 3.22. The van der Waals surface area contributed by atoms with Gasteiger partial charge < -0.3 is 9.84 Å². The van der Waals surface area contributed by atoms with Gasteiger partial charge in [0, 0.05) is 6.61 Å². The van der Waals surface area contributed by atoms with E-state index in [2.05, 4.69) is 4.74 Å². The fraction of sp³-hybridized carbons (Fsp3) is 0.462. The highest BCUT2D eigenvalue weighted by Gasteiger charge is 2.41. The average molecular weight is 220 g/mol. The maximum absolute atomic E-state index is 11.3. The van der Waals surface area contributed by atoms with Gasteiger partial charge in [-0.2, -0.15) is 0 Å². The number of hydrogen-bond acceptors (Lipinski definition) is 3. The van der Waals surface area contributed by atoms with Crippen LogP contribution in [0.15, 0.2) is 24.3 Å². The van der Waals surface area contributed by atoms with Gasteiger partial charge in [0.05, 0.1) is 12.7 Å². The first kappa shape index (κ1) is 11.1. The number of carbonyl (C=O) groups is 1. The van der Waals surface area contributed by atoms with E-state index in [1.165, 1.54) is 7.11 Å². The summed E-state index contributed by atoms with van der Waals surface area (Å²) in [5.41, 5.74) is 1.75. The molecule has 0 radical (unpaired) electrons. The highest BCUT2D eigenvalue weighted by Crippen LogP contribution is 2.47. The number of hydrogen-bond donors (Lipinski definition) is 1. The summed E-state index contributed by atoms with van der Waals surface area (Å²) in [6, 6.07) is 7.44. The first-order valence-electron chi connectivity index (χ1n) is 5.47. The Morgan fingerprint density at radius 2 is 2.25 bits per heavy atom. The molecule has 16 heavy (non-hydrogen) atoms. The van der Waals surface area contributed by atoms with E-state index >= 15 is 0 Å². The number of benzene rings is 1. The lowest BCUT2D eigenvalue weighted by molar-refractivity contribution is 0.0600. The quantitative estimate of drug-likeness (QED) is 0.787. The van der Waals surface area contributed by atoms with Gasteiger partial charge in [-0.3, -0.25) is 0 Å². The molecule has 3 nitrogen and oxygen atoms in total. The van der Waals surface area contributed by atoms with E-state index in [1.807, 2.05) is 18.2 Å². The Labute approximate surface area is 95.0 Å². The van der Waals surface area contributed by atoms with E-state index in [1.54, 1.807) is 6.07 Å². The normalized spacial score (nSPS) is 16.9. The second kappa shape index (κ2) is 4.26. The molecule has 0 aliphatic heterocycles. The Balaban J connectivity index is 2.13. The molecule has 1 aromatic carbocycles. The van der Waals surface area contributed by atoms with Gasteiger partial charge in [-0.1, -0.05) is 12.1 Å². The SMILES string of the molecule is COC(=O)c1cccc(CC2(CO)CC2)c1. The minimum Gasteiger partial charge on any atom is -0.465 e. The van der Waals surface area contributed by atoms with Crippen LogP contribution in [0.3, 0.4) is 0 Å². The van der Waals surface area contributed by atoms with Crippen molar-refractivity contribution in [1.82, 2.24) is 0 Å². The van der Waals surface area contributed by atoms with Gasteiger partial charge in [0.1, 0.15) is 0 Å². The predicted octanol–water partition coefficient (Wildman–Crippen LogP) is 1.79. The first-order valence-corrected chi connectivity index (χ1v) is 5.47. The molecule has 0 atom stereocenters. The van der Waals surface area contributed by atoms with Crippen molar-refractivity contribution < 1.29 is 14.6 Å². The van der Waals surface area contributed by atoms with E-state index in [0.717, 1.165) is 24.8 Å².